The van der Waals surface area contributed by atoms with E-state index >= 15 is 0 Å². The molecule has 1 aliphatic heterocycles. The van der Waals surface area contributed by atoms with Gasteiger partial charge in [0.05, 0.1) is 12.5 Å². The highest BCUT2D eigenvalue weighted by atomic mass is 16.3. The van der Waals surface area contributed by atoms with E-state index in [9.17, 15) is 63.0 Å². The quantitative estimate of drug-likeness (QED) is 0.0103. The number of nitrogens with one attached hydrogen (secondary N) is 15. The molecule has 30 heteroatoms. The maximum absolute atomic E-state index is 14.3. The van der Waals surface area contributed by atoms with Crippen LogP contribution in [0.4, 0.5) is 4.79 Å². The molecule has 494 valence electrons. The number of aliphatic hydroxyl groups excluding tert-OH is 1. The topological polar surface area (TPSA) is 476 Å². The number of aliphatic hydroxyl groups is 1. The summed E-state index contributed by atoms with van der Waals surface area (Å²) in [6.45, 7) is 7.35. The van der Waals surface area contributed by atoms with Gasteiger partial charge >= 0.3 is 6.03 Å². The molecule has 12 amide bonds. The van der Waals surface area contributed by atoms with Gasteiger partial charge in [-0.15, -0.1) is 0 Å². The minimum Gasteiger partial charge on any atom is -0.508 e. The summed E-state index contributed by atoms with van der Waals surface area (Å²) in [6.07, 6.45) is 0.541. The number of urea groups is 1. The second-order valence-corrected chi connectivity index (χ2v) is 22.9. The molecule has 0 aliphatic carbocycles. The first-order chi connectivity index (χ1) is 43.3. The van der Waals surface area contributed by atoms with E-state index in [2.05, 4.69) is 74.3 Å². The van der Waals surface area contributed by atoms with Crippen LogP contribution in [0.5, 0.6) is 5.75 Å². The van der Waals surface area contributed by atoms with Crippen molar-refractivity contribution in [2.24, 2.45) is 23.3 Å². The van der Waals surface area contributed by atoms with Crippen molar-refractivity contribution >= 4 is 82.0 Å². The lowest BCUT2D eigenvalue weighted by molar-refractivity contribution is -0.137. The number of hydrogen-bond acceptors (Lipinski definition) is 15. The van der Waals surface area contributed by atoms with Crippen LogP contribution in [0.1, 0.15) is 89.3 Å². The molecule has 0 saturated carbocycles. The lowest BCUT2D eigenvalue weighted by Crippen LogP contribution is -2.62. The number of guanidine groups is 1. The van der Waals surface area contributed by atoms with Crippen LogP contribution in [0.2, 0.25) is 0 Å². The fourth-order valence-electron chi connectivity index (χ4n) is 10.2. The molecule has 0 spiro atoms. The molecule has 5 rings (SSSR count). The fourth-order valence-corrected chi connectivity index (χ4v) is 10.2. The van der Waals surface area contributed by atoms with Gasteiger partial charge in [-0.3, -0.25) is 58.8 Å². The molecule has 9 atom stereocenters. The lowest BCUT2D eigenvalue weighted by Gasteiger charge is -2.30. The number of hydrazine groups is 1. The van der Waals surface area contributed by atoms with E-state index in [4.69, 9.17) is 16.9 Å². The molecule has 1 saturated heterocycles. The number of hydrogen-bond donors (Lipinski definition) is 19. The van der Waals surface area contributed by atoms with Crippen LogP contribution >= 0.6 is 0 Å². The molecular formula is C61H87N17O13. The number of carbonyl (C=O) groups excluding carboxylic acids is 11. The third-order valence-electron chi connectivity index (χ3n) is 15.0. The third-order valence-corrected chi connectivity index (χ3v) is 15.0. The average molecular weight is 1270 g/mol. The summed E-state index contributed by atoms with van der Waals surface area (Å²) < 4.78 is 0. The summed E-state index contributed by atoms with van der Waals surface area (Å²) in [6, 6.07) is 8.93. The number of fused-ring (bicyclic) bond motifs is 1. The molecule has 1 fully saturated rings. The Morgan fingerprint density at radius 3 is 1.80 bits per heavy atom. The van der Waals surface area contributed by atoms with Gasteiger partial charge in [0.2, 0.25) is 53.2 Å². The summed E-state index contributed by atoms with van der Waals surface area (Å²) in [5, 5.41) is 58.6. The normalized spacial score (nSPS) is 15.2. The number of H-pyrrole nitrogens is 1. The van der Waals surface area contributed by atoms with Crippen LogP contribution in [0.3, 0.4) is 0 Å². The SMILES string of the molecule is CNC(=N)NCCC[C@H](NC(=O)[C@H](CC(C)C)NC(=O)NNC(=O)[C@H](Cc1ccccc1)NC(=O)C(NC(=O)[C@H](CC(N)=O)NC(=O)C(CC1CCNCC1)NC(=O)[C@@H](Cc1ccc(O)cc1)NC(C)=O)[C@@H](C)O)C(=O)N[C@@H](Cc1c[nH]c2ccccc12)C(N)=O. The number of carbonyl (C=O) groups is 11. The van der Waals surface area contributed by atoms with Crippen molar-refractivity contribution in [3.05, 3.63) is 102 Å². The Kier molecular flexibility index (Phi) is 28.4. The number of phenols is 1. The number of rotatable bonds is 33. The highest BCUT2D eigenvalue weighted by Crippen LogP contribution is 2.21. The minimum atomic E-state index is -1.87. The van der Waals surface area contributed by atoms with Crippen LogP contribution in [0.25, 0.3) is 10.9 Å². The van der Waals surface area contributed by atoms with E-state index in [1.54, 1.807) is 69.6 Å². The summed E-state index contributed by atoms with van der Waals surface area (Å²) in [4.78, 5) is 153. The monoisotopic (exact) mass is 1270 g/mol. The van der Waals surface area contributed by atoms with Gasteiger partial charge in [-0.2, -0.15) is 0 Å². The number of aromatic nitrogens is 1. The summed E-state index contributed by atoms with van der Waals surface area (Å²) >= 11 is 0. The van der Waals surface area contributed by atoms with E-state index < -0.39 is 126 Å². The van der Waals surface area contributed by atoms with Crippen molar-refractivity contribution < 1.29 is 63.0 Å². The number of amides is 12. The number of para-hydroxylation sites is 1. The van der Waals surface area contributed by atoms with E-state index in [0.29, 0.717) is 42.6 Å². The number of piperidine rings is 1. The Bertz CT molecular complexity index is 3160. The van der Waals surface area contributed by atoms with E-state index in [1.165, 1.54) is 19.1 Å². The first-order valence-corrected chi connectivity index (χ1v) is 30.1. The Labute approximate surface area is 526 Å². The van der Waals surface area contributed by atoms with Crippen LogP contribution < -0.4 is 80.8 Å². The number of benzene rings is 3. The number of nitrogens with two attached hydrogens (primary N) is 2. The van der Waals surface area contributed by atoms with Gasteiger partial charge in [0.15, 0.2) is 5.96 Å². The second kappa shape index (κ2) is 36.0. The first-order valence-electron chi connectivity index (χ1n) is 30.1. The van der Waals surface area contributed by atoms with Crippen LogP contribution in [-0.2, 0) is 67.2 Å². The Morgan fingerprint density at radius 1 is 0.615 bits per heavy atom. The molecule has 1 aromatic heterocycles. The van der Waals surface area contributed by atoms with Crippen molar-refractivity contribution in [3.8, 4) is 5.75 Å². The summed E-state index contributed by atoms with van der Waals surface area (Å²) in [5.41, 5.74) is 18.3. The second-order valence-electron chi connectivity index (χ2n) is 22.9. The fraction of sp³-hybridized carbons (Fsp3) is 0.475. The number of aromatic hydroxyl groups is 1. The Balaban J connectivity index is 1.29. The van der Waals surface area contributed by atoms with E-state index in [1.807, 2.05) is 24.3 Å². The molecule has 30 nitrogen and oxygen atoms in total. The standard InChI is InChI=1S/C61H87N17O13/c1-33(2)26-45(54(85)70-43(16-11-23-67-60(64)65-5)53(84)71-44(52(63)83)30-39-32-68-42-15-10-9-14-41(39)42)75-61(91)78-77-58(89)48(27-36-12-7-6-8-13-36)74-59(90)51(34(3)79)76-57(88)49(31-50(62)82)73-56(87)47(29-38-21-24-66-25-22-38)72-55(86)46(69-35(4)80)28-37-17-19-40(81)20-18-37/h6-10,12-15,17-20,32-34,38,43-49,51,66,68,79,81H,11,16,21-31H2,1-5H3,(H2,62,82)(H2,63,83)(H,69,80)(H,70,85)(H,71,84)(H,72,86)(H,73,87)(H,74,90)(H,76,88)(H,77,89)(H3,64,65,67)(H2,75,78,91)/t34-,43+,44+,45+,46-,47?,48+,49+,51?/m1/s1. The van der Waals surface area contributed by atoms with Crippen molar-refractivity contribution in [1.29, 1.82) is 5.41 Å². The molecule has 21 N–H and O–H groups in total. The summed E-state index contributed by atoms with van der Waals surface area (Å²) in [5.74, 6) is -9.35. The third kappa shape index (κ3) is 24.2. The molecule has 2 heterocycles. The van der Waals surface area contributed by atoms with Gasteiger partial charge in [-0.05, 0) is 105 Å². The van der Waals surface area contributed by atoms with Crippen molar-refractivity contribution in [2.75, 3.05) is 26.7 Å². The van der Waals surface area contributed by atoms with Crippen LogP contribution in [0.15, 0.2) is 85.1 Å². The Morgan fingerprint density at radius 2 is 1.18 bits per heavy atom. The predicted octanol–water partition coefficient (Wildman–Crippen LogP) is -2.28. The van der Waals surface area contributed by atoms with Gasteiger partial charge < -0.3 is 85.1 Å². The first kappa shape index (κ1) is 71.9. The number of aromatic amines is 1. The molecule has 3 aromatic carbocycles. The van der Waals surface area contributed by atoms with Crippen LogP contribution in [0, 0.1) is 17.2 Å². The summed E-state index contributed by atoms with van der Waals surface area (Å²) in [7, 11) is 1.54. The maximum Gasteiger partial charge on any atom is 0.334 e. The largest absolute Gasteiger partial charge is 0.508 e. The molecule has 1 aliphatic rings. The minimum absolute atomic E-state index is 0.00404. The van der Waals surface area contributed by atoms with Gasteiger partial charge in [-0.25, -0.2) is 10.2 Å². The smallest absolute Gasteiger partial charge is 0.334 e. The highest BCUT2D eigenvalue weighted by Gasteiger charge is 2.37. The molecular weight excluding hydrogens is 1180 g/mol. The van der Waals surface area contributed by atoms with Gasteiger partial charge in [0, 0.05) is 56.9 Å². The zero-order chi connectivity index (χ0) is 66.7. The molecule has 0 bridgehead atoms. The zero-order valence-electron chi connectivity index (χ0n) is 51.7. The number of phenolic OH excluding ortho intramolecular Hbond substituents is 1. The number of primary amides is 2. The average Bonchev–Trinajstić information content (AvgIpc) is 2.02. The van der Waals surface area contributed by atoms with Crippen molar-refractivity contribution in [2.45, 2.75) is 146 Å². The van der Waals surface area contributed by atoms with Crippen molar-refractivity contribution in [3.63, 3.8) is 0 Å². The van der Waals surface area contributed by atoms with Gasteiger partial charge in [-0.1, -0.05) is 74.5 Å². The maximum atomic E-state index is 14.3. The Hall–Kier alpha value is -9.84. The zero-order valence-corrected chi connectivity index (χ0v) is 51.7. The lowest BCUT2D eigenvalue weighted by atomic mass is 9.90. The molecule has 0 radical (unpaired) electrons. The van der Waals surface area contributed by atoms with Crippen LogP contribution in [-0.4, -0.2) is 167 Å². The van der Waals surface area contributed by atoms with E-state index in [-0.39, 0.29) is 75.0 Å². The molecule has 4 aromatic rings. The molecule has 91 heavy (non-hydrogen) atoms. The van der Waals surface area contributed by atoms with E-state index in [0.717, 1.165) is 17.8 Å². The van der Waals surface area contributed by atoms with Crippen molar-refractivity contribution in [1.82, 2.24) is 74.3 Å². The predicted molar refractivity (Wildman–Crippen MR) is 335 cm³/mol. The molecule has 2 unspecified atom stereocenters. The highest BCUT2D eigenvalue weighted by molar-refractivity contribution is 5.99. The van der Waals surface area contributed by atoms with Gasteiger partial charge in [0.25, 0.3) is 5.91 Å². The van der Waals surface area contributed by atoms with Gasteiger partial charge in [0.1, 0.15) is 54.1 Å².